The molecule has 1 unspecified atom stereocenters. The SMILES string of the molecule is CC(C(=O)Nc1ccc(/N=C/c2c(O)ccc3ccccc23)cc1)c1ccccc1. The van der Waals surface area contributed by atoms with Gasteiger partial charge in [-0.15, -0.1) is 0 Å². The number of phenolic OH excluding ortho intramolecular Hbond substituents is 1. The number of amides is 1. The lowest BCUT2D eigenvalue weighted by Crippen LogP contribution is -2.18. The molecule has 1 amide bonds. The fourth-order valence-electron chi connectivity index (χ4n) is 3.33. The molecule has 0 bridgehead atoms. The first-order chi connectivity index (χ1) is 14.6. The van der Waals surface area contributed by atoms with Crippen LogP contribution in [0.3, 0.4) is 0 Å². The molecule has 4 nitrogen and oxygen atoms in total. The Morgan fingerprint density at radius 1 is 0.900 bits per heavy atom. The molecule has 148 valence electrons. The molecule has 0 spiro atoms. The van der Waals surface area contributed by atoms with Crippen molar-refractivity contribution in [3.05, 3.63) is 102 Å². The summed E-state index contributed by atoms with van der Waals surface area (Å²) in [4.78, 5) is 17.0. The van der Waals surface area contributed by atoms with E-state index < -0.39 is 0 Å². The van der Waals surface area contributed by atoms with E-state index in [0.29, 0.717) is 5.56 Å². The topological polar surface area (TPSA) is 61.7 Å². The van der Waals surface area contributed by atoms with Gasteiger partial charge in [0.05, 0.1) is 11.6 Å². The summed E-state index contributed by atoms with van der Waals surface area (Å²) in [6.45, 7) is 1.89. The fourth-order valence-corrected chi connectivity index (χ4v) is 3.33. The lowest BCUT2D eigenvalue weighted by Gasteiger charge is -2.12. The monoisotopic (exact) mass is 394 g/mol. The normalized spacial score (nSPS) is 12.2. The van der Waals surface area contributed by atoms with Crippen molar-refractivity contribution in [2.45, 2.75) is 12.8 Å². The molecule has 0 saturated heterocycles. The molecule has 4 heteroatoms. The number of nitrogens with zero attached hydrogens (tertiary/aromatic N) is 1. The standard InChI is InChI=1S/C26H22N2O2/c1-18(19-7-3-2-4-8-19)26(30)28-22-14-12-21(13-15-22)27-17-24-23-10-6-5-9-20(23)11-16-25(24)29/h2-18,29H,1H3,(H,28,30)/b27-17+. The van der Waals surface area contributed by atoms with Crippen LogP contribution >= 0.6 is 0 Å². The maximum absolute atomic E-state index is 12.5. The smallest absolute Gasteiger partial charge is 0.231 e. The van der Waals surface area contributed by atoms with Gasteiger partial charge in [0.2, 0.25) is 5.91 Å². The largest absolute Gasteiger partial charge is 0.507 e. The highest BCUT2D eigenvalue weighted by Gasteiger charge is 2.14. The minimum atomic E-state index is -0.238. The number of aromatic hydroxyl groups is 1. The van der Waals surface area contributed by atoms with E-state index in [2.05, 4.69) is 10.3 Å². The van der Waals surface area contributed by atoms with Crippen LogP contribution < -0.4 is 5.32 Å². The first-order valence-electron chi connectivity index (χ1n) is 9.82. The second kappa shape index (κ2) is 8.62. The predicted molar refractivity (Wildman–Crippen MR) is 123 cm³/mol. The minimum Gasteiger partial charge on any atom is -0.507 e. The third-order valence-electron chi connectivity index (χ3n) is 5.12. The van der Waals surface area contributed by atoms with Gasteiger partial charge in [-0.3, -0.25) is 9.79 Å². The van der Waals surface area contributed by atoms with Crippen molar-refractivity contribution in [3.63, 3.8) is 0 Å². The van der Waals surface area contributed by atoms with Gasteiger partial charge in [-0.1, -0.05) is 60.7 Å². The van der Waals surface area contributed by atoms with Crippen molar-refractivity contribution >= 4 is 34.3 Å². The van der Waals surface area contributed by atoms with E-state index in [1.165, 1.54) is 0 Å². The molecule has 0 aliphatic rings. The van der Waals surface area contributed by atoms with Gasteiger partial charge in [-0.25, -0.2) is 0 Å². The summed E-state index contributed by atoms with van der Waals surface area (Å²) in [5.41, 5.74) is 3.11. The molecule has 4 rings (SSSR count). The van der Waals surface area contributed by atoms with Gasteiger partial charge in [0, 0.05) is 17.5 Å². The number of anilines is 1. The number of aliphatic imine (C=N–C) groups is 1. The fraction of sp³-hybridized carbons (Fsp3) is 0.0769. The quantitative estimate of drug-likeness (QED) is 0.406. The van der Waals surface area contributed by atoms with Crippen LogP contribution in [-0.2, 0) is 4.79 Å². The molecule has 0 aromatic heterocycles. The van der Waals surface area contributed by atoms with Crippen molar-refractivity contribution in [1.82, 2.24) is 0 Å². The zero-order chi connectivity index (χ0) is 20.9. The van der Waals surface area contributed by atoms with Gasteiger partial charge in [0.15, 0.2) is 0 Å². The van der Waals surface area contributed by atoms with E-state index in [1.807, 2.05) is 91.9 Å². The van der Waals surface area contributed by atoms with Crippen LogP contribution in [0.2, 0.25) is 0 Å². The molecule has 0 heterocycles. The van der Waals surface area contributed by atoms with E-state index in [4.69, 9.17) is 0 Å². The predicted octanol–water partition coefficient (Wildman–Crippen LogP) is 6.04. The first kappa shape index (κ1) is 19.4. The van der Waals surface area contributed by atoms with Crippen LogP contribution in [0.4, 0.5) is 11.4 Å². The Balaban J connectivity index is 1.48. The average molecular weight is 394 g/mol. The first-order valence-corrected chi connectivity index (χ1v) is 9.82. The van der Waals surface area contributed by atoms with Gasteiger partial charge in [0.1, 0.15) is 5.75 Å². The number of nitrogens with one attached hydrogen (secondary N) is 1. The lowest BCUT2D eigenvalue weighted by molar-refractivity contribution is -0.117. The molecular formula is C26H22N2O2. The summed E-state index contributed by atoms with van der Waals surface area (Å²) in [5.74, 6) is -0.104. The molecule has 2 N–H and O–H groups in total. The van der Waals surface area contributed by atoms with Gasteiger partial charge < -0.3 is 10.4 Å². The van der Waals surface area contributed by atoms with Crippen LogP contribution in [0.1, 0.15) is 24.0 Å². The summed E-state index contributed by atoms with van der Waals surface area (Å²) in [6, 6.07) is 28.4. The third-order valence-corrected chi connectivity index (χ3v) is 5.12. The van der Waals surface area contributed by atoms with Gasteiger partial charge >= 0.3 is 0 Å². The maximum atomic E-state index is 12.5. The Kier molecular flexibility index (Phi) is 5.57. The number of hydrogen-bond donors (Lipinski definition) is 2. The molecule has 0 fully saturated rings. The Labute approximate surface area is 175 Å². The van der Waals surface area contributed by atoms with Gasteiger partial charge in [-0.2, -0.15) is 0 Å². The van der Waals surface area contributed by atoms with E-state index in [-0.39, 0.29) is 17.6 Å². The average Bonchev–Trinajstić information content (AvgIpc) is 2.79. The molecule has 4 aromatic rings. The summed E-state index contributed by atoms with van der Waals surface area (Å²) in [6.07, 6.45) is 1.67. The summed E-state index contributed by atoms with van der Waals surface area (Å²) in [5, 5.41) is 15.2. The van der Waals surface area contributed by atoms with Crippen LogP contribution in [0.25, 0.3) is 10.8 Å². The lowest BCUT2D eigenvalue weighted by atomic mass is 10.0. The number of benzene rings is 4. The highest BCUT2D eigenvalue weighted by atomic mass is 16.3. The summed E-state index contributed by atoms with van der Waals surface area (Å²) in [7, 11) is 0. The van der Waals surface area contributed by atoms with Gasteiger partial charge in [-0.05, 0) is 53.6 Å². The van der Waals surface area contributed by atoms with Crippen LogP contribution in [0.5, 0.6) is 5.75 Å². The summed E-state index contributed by atoms with van der Waals surface area (Å²) < 4.78 is 0. The van der Waals surface area contributed by atoms with E-state index in [0.717, 1.165) is 27.7 Å². The third kappa shape index (κ3) is 4.23. The van der Waals surface area contributed by atoms with Crippen LogP contribution in [0.15, 0.2) is 96.0 Å². The Morgan fingerprint density at radius 3 is 2.37 bits per heavy atom. The number of phenols is 1. The Bertz CT molecular complexity index is 1200. The number of carbonyl (C=O) groups excluding carboxylic acids is 1. The molecule has 0 saturated carbocycles. The van der Waals surface area contributed by atoms with Crippen molar-refractivity contribution in [3.8, 4) is 5.75 Å². The molecule has 0 radical (unpaired) electrons. The van der Waals surface area contributed by atoms with Gasteiger partial charge in [0.25, 0.3) is 0 Å². The molecular weight excluding hydrogens is 372 g/mol. The number of hydrogen-bond acceptors (Lipinski definition) is 3. The molecule has 0 aliphatic carbocycles. The van der Waals surface area contributed by atoms with Crippen LogP contribution in [-0.4, -0.2) is 17.2 Å². The Hall–Kier alpha value is -3.92. The highest BCUT2D eigenvalue weighted by molar-refractivity contribution is 6.03. The number of rotatable bonds is 5. The van der Waals surface area contributed by atoms with Crippen LogP contribution in [0, 0.1) is 0 Å². The van der Waals surface area contributed by atoms with Crippen molar-refractivity contribution in [2.24, 2.45) is 4.99 Å². The number of fused-ring (bicyclic) bond motifs is 1. The van der Waals surface area contributed by atoms with E-state index >= 15 is 0 Å². The van der Waals surface area contributed by atoms with E-state index in [9.17, 15) is 9.90 Å². The Morgan fingerprint density at radius 2 is 1.60 bits per heavy atom. The van der Waals surface area contributed by atoms with E-state index in [1.54, 1.807) is 12.3 Å². The second-order valence-corrected chi connectivity index (χ2v) is 7.15. The molecule has 30 heavy (non-hydrogen) atoms. The zero-order valence-corrected chi connectivity index (χ0v) is 16.6. The summed E-state index contributed by atoms with van der Waals surface area (Å²) >= 11 is 0. The van der Waals surface area contributed by atoms with Crippen molar-refractivity contribution < 1.29 is 9.90 Å². The van der Waals surface area contributed by atoms with Crippen molar-refractivity contribution in [1.29, 1.82) is 0 Å². The number of carbonyl (C=O) groups is 1. The highest BCUT2D eigenvalue weighted by Crippen LogP contribution is 2.26. The maximum Gasteiger partial charge on any atom is 0.231 e. The minimum absolute atomic E-state index is 0.0573. The second-order valence-electron chi connectivity index (χ2n) is 7.15. The molecule has 0 aliphatic heterocycles. The zero-order valence-electron chi connectivity index (χ0n) is 16.6. The molecule has 4 aromatic carbocycles. The van der Waals surface area contributed by atoms with Crippen molar-refractivity contribution in [2.75, 3.05) is 5.32 Å². The molecule has 1 atom stereocenters.